The second-order valence-corrected chi connectivity index (χ2v) is 8.39. The molecule has 1 aliphatic rings. The van der Waals surface area contributed by atoms with Gasteiger partial charge in [0, 0.05) is 44.0 Å². The Morgan fingerprint density at radius 3 is 2.56 bits per heavy atom. The Hall–Kier alpha value is -1.69. The zero-order valence-corrected chi connectivity index (χ0v) is 17.1. The van der Waals surface area contributed by atoms with E-state index in [1.54, 1.807) is 11.3 Å². The molecule has 1 fully saturated rings. The summed E-state index contributed by atoms with van der Waals surface area (Å²) in [6, 6.07) is 15.1. The summed E-state index contributed by atoms with van der Waals surface area (Å²) >= 11 is 1.80. The van der Waals surface area contributed by atoms with Crippen LogP contribution in [-0.4, -0.2) is 55.5 Å². The fraction of sp³-hybridized carbons (Fsp3) is 0.500. The summed E-state index contributed by atoms with van der Waals surface area (Å²) in [5.41, 5.74) is 1.29. The van der Waals surface area contributed by atoms with Crippen molar-refractivity contribution < 1.29 is 4.79 Å². The number of benzene rings is 1. The molecule has 1 aromatic carbocycles. The molecule has 4 nitrogen and oxygen atoms in total. The van der Waals surface area contributed by atoms with Crippen molar-refractivity contribution in [3.8, 4) is 0 Å². The number of unbranched alkanes of at least 4 members (excludes halogenated alkanes) is 1. The summed E-state index contributed by atoms with van der Waals surface area (Å²) in [7, 11) is 2.17. The van der Waals surface area contributed by atoms with Crippen LogP contribution in [0.4, 0.5) is 0 Å². The second-order valence-electron chi connectivity index (χ2n) is 7.36. The van der Waals surface area contributed by atoms with E-state index in [0.717, 1.165) is 45.4 Å². The number of amides is 1. The highest BCUT2D eigenvalue weighted by molar-refractivity contribution is 7.09. The third-order valence-electron chi connectivity index (χ3n) is 5.31. The smallest absolute Gasteiger partial charge is 0.220 e. The molecule has 146 valence electrons. The van der Waals surface area contributed by atoms with Gasteiger partial charge in [-0.25, -0.2) is 0 Å². The largest absolute Gasteiger partial charge is 0.354 e. The van der Waals surface area contributed by atoms with Crippen molar-refractivity contribution in [3.63, 3.8) is 0 Å². The molecule has 2 heterocycles. The molecular weight excluding hydrogens is 354 g/mol. The lowest BCUT2D eigenvalue weighted by atomic mass is 10.0. The van der Waals surface area contributed by atoms with Gasteiger partial charge < -0.3 is 10.2 Å². The second kappa shape index (κ2) is 10.6. The SMILES string of the molecule is CN1CCN(C(CNC(=O)CCCCc2cccs2)c2ccccc2)CC1. The highest BCUT2D eigenvalue weighted by Crippen LogP contribution is 2.21. The van der Waals surface area contributed by atoms with Gasteiger partial charge in [0.05, 0.1) is 6.04 Å². The average molecular weight is 386 g/mol. The predicted molar refractivity (Wildman–Crippen MR) is 113 cm³/mol. The molecule has 1 amide bonds. The number of carbonyl (C=O) groups excluding carboxylic acids is 1. The molecule has 1 saturated heterocycles. The molecule has 1 aromatic heterocycles. The fourth-order valence-electron chi connectivity index (χ4n) is 3.61. The summed E-state index contributed by atoms with van der Waals surface area (Å²) in [6.07, 6.45) is 3.73. The third kappa shape index (κ3) is 6.45. The van der Waals surface area contributed by atoms with Crippen molar-refractivity contribution in [2.24, 2.45) is 0 Å². The van der Waals surface area contributed by atoms with E-state index in [1.165, 1.54) is 10.4 Å². The van der Waals surface area contributed by atoms with Crippen molar-refractivity contribution in [2.75, 3.05) is 39.8 Å². The number of rotatable bonds is 9. The van der Waals surface area contributed by atoms with Gasteiger partial charge in [-0.15, -0.1) is 11.3 Å². The molecule has 1 unspecified atom stereocenters. The summed E-state index contributed by atoms with van der Waals surface area (Å²) in [6.45, 7) is 4.96. The lowest BCUT2D eigenvalue weighted by molar-refractivity contribution is -0.121. The summed E-state index contributed by atoms with van der Waals surface area (Å²) in [4.78, 5) is 18.6. The third-order valence-corrected chi connectivity index (χ3v) is 6.25. The number of piperazine rings is 1. The van der Waals surface area contributed by atoms with Gasteiger partial charge in [-0.05, 0) is 43.3 Å². The van der Waals surface area contributed by atoms with E-state index >= 15 is 0 Å². The lowest BCUT2D eigenvalue weighted by Gasteiger charge is -2.38. The Labute approximate surface area is 167 Å². The fourth-order valence-corrected chi connectivity index (χ4v) is 4.36. The Morgan fingerprint density at radius 2 is 1.85 bits per heavy atom. The van der Waals surface area contributed by atoms with Gasteiger partial charge in [-0.3, -0.25) is 9.69 Å². The molecule has 3 rings (SSSR count). The Balaban J connectivity index is 1.46. The van der Waals surface area contributed by atoms with Crippen LogP contribution in [0.15, 0.2) is 47.8 Å². The van der Waals surface area contributed by atoms with Crippen LogP contribution in [0, 0.1) is 0 Å². The highest BCUT2D eigenvalue weighted by Gasteiger charge is 2.24. The maximum Gasteiger partial charge on any atom is 0.220 e. The maximum absolute atomic E-state index is 12.3. The van der Waals surface area contributed by atoms with Gasteiger partial charge in [0.2, 0.25) is 5.91 Å². The van der Waals surface area contributed by atoms with E-state index < -0.39 is 0 Å². The van der Waals surface area contributed by atoms with Crippen molar-refractivity contribution in [1.29, 1.82) is 0 Å². The van der Waals surface area contributed by atoms with Crippen LogP contribution in [0.1, 0.15) is 35.7 Å². The van der Waals surface area contributed by atoms with Crippen molar-refractivity contribution in [1.82, 2.24) is 15.1 Å². The number of hydrogen-bond donors (Lipinski definition) is 1. The normalized spacial score (nSPS) is 16.9. The van der Waals surface area contributed by atoms with Gasteiger partial charge >= 0.3 is 0 Å². The molecular formula is C22H31N3OS. The molecule has 1 N–H and O–H groups in total. The van der Waals surface area contributed by atoms with E-state index in [0.29, 0.717) is 13.0 Å². The Kier molecular flexibility index (Phi) is 7.87. The number of nitrogens with one attached hydrogen (secondary N) is 1. The van der Waals surface area contributed by atoms with Crippen LogP contribution in [0.5, 0.6) is 0 Å². The van der Waals surface area contributed by atoms with Crippen LogP contribution >= 0.6 is 11.3 Å². The van der Waals surface area contributed by atoms with Gasteiger partial charge in [0.1, 0.15) is 0 Å². The van der Waals surface area contributed by atoms with Crippen LogP contribution in [0.25, 0.3) is 0 Å². The maximum atomic E-state index is 12.3. The number of nitrogens with zero attached hydrogens (tertiary/aromatic N) is 2. The first-order valence-electron chi connectivity index (χ1n) is 9.99. The van der Waals surface area contributed by atoms with Gasteiger partial charge in [-0.1, -0.05) is 36.4 Å². The molecule has 5 heteroatoms. The minimum absolute atomic E-state index is 0.177. The minimum atomic E-state index is 0.177. The lowest BCUT2D eigenvalue weighted by Crippen LogP contribution is -2.48. The van der Waals surface area contributed by atoms with Crippen molar-refractivity contribution in [2.45, 2.75) is 31.7 Å². The van der Waals surface area contributed by atoms with Gasteiger partial charge in [-0.2, -0.15) is 0 Å². The highest BCUT2D eigenvalue weighted by atomic mass is 32.1. The zero-order chi connectivity index (χ0) is 18.9. The van der Waals surface area contributed by atoms with E-state index in [-0.39, 0.29) is 11.9 Å². The summed E-state index contributed by atoms with van der Waals surface area (Å²) in [5, 5.41) is 5.31. The van der Waals surface area contributed by atoms with Crippen LogP contribution in [0.2, 0.25) is 0 Å². The van der Waals surface area contributed by atoms with Crippen molar-refractivity contribution >= 4 is 17.2 Å². The van der Waals surface area contributed by atoms with E-state index in [1.807, 2.05) is 0 Å². The number of thiophene rings is 1. The Morgan fingerprint density at radius 1 is 1.07 bits per heavy atom. The molecule has 1 aliphatic heterocycles. The molecule has 0 spiro atoms. The van der Waals surface area contributed by atoms with Gasteiger partial charge in [0.25, 0.3) is 0 Å². The number of carbonyl (C=O) groups is 1. The molecule has 0 radical (unpaired) electrons. The molecule has 1 atom stereocenters. The molecule has 2 aromatic rings. The van der Waals surface area contributed by atoms with Crippen LogP contribution < -0.4 is 5.32 Å². The monoisotopic (exact) mass is 385 g/mol. The van der Waals surface area contributed by atoms with Crippen LogP contribution in [-0.2, 0) is 11.2 Å². The van der Waals surface area contributed by atoms with E-state index in [2.05, 4.69) is 70.0 Å². The zero-order valence-electron chi connectivity index (χ0n) is 16.3. The molecule has 27 heavy (non-hydrogen) atoms. The molecule has 0 saturated carbocycles. The predicted octanol–water partition coefficient (Wildman–Crippen LogP) is 3.57. The summed E-state index contributed by atoms with van der Waals surface area (Å²) in [5.74, 6) is 0.177. The quantitative estimate of drug-likeness (QED) is 0.671. The van der Waals surface area contributed by atoms with E-state index in [4.69, 9.17) is 0 Å². The number of hydrogen-bond acceptors (Lipinski definition) is 4. The first-order chi connectivity index (χ1) is 13.2. The number of aryl methyl sites for hydroxylation is 1. The molecule has 0 bridgehead atoms. The van der Waals surface area contributed by atoms with Crippen molar-refractivity contribution in [3.05, 3.63) is 58.3 Å². The van der Waals surface area contributed by atoms with Gasteiger partial charge in [0.15, 0.2) is 0 Å². The van der Waals surface area contributed by atoms with Crippen LogP contribution in [0.3, 0.4) is 0 Å². The average Bonchev–Trinajstić information content (AvgIpc) is 3.21. The standard InChI is InChI=1S/C22H31N3OS/c1-24-13-15-25(16-14-24)21(19-8-3-2-4-9-19)18-23-22(26)12-6-5-10-20-11-7-17-27-20/h2-4,7-9,11,17,21H,5-6,10,12-16,18H2,1H3,(H,23,26). The Bertz CT molecular complexity index is 666. The topological polar surface area (TPSA) is 35.6 Å². The molecule has 0 aliphatic carbocycles. The summed E-state index contributed by atoms with van der Waals surface area (Å²) < 4.78 is 0. The first-order valence-corrected chi connectivity index (χ1v) is 10.9. The minimum Gasteiger partial charge on any atom is -0.354 e. The van der Waals surface area contributed by atoms with E-state index in [9.17, 15) is 4.79 Å². The number of likely N-dealkylation sites (N-methyl/N-ethyl adjacent to an activating group) is 1. The first kappa shape index (κ1) is 20.1.